The molecule has 18 heavy (non-hydrogen) atoms. The van der Waals surface area contributed by atoms with Crippen LogP contribution in [0.4, 0.5) is 17.6 Å². The van der Waals surface area contributed by atoms with Crippen LogP contribution in [-0.4, -0.2) is 35.8 Å². The van der Waals surface area contributed by atoms with Crippen molar-refractivity contribution in [3.63, 3.8) is 0 Å². The van der Waals surface area contributed by atoms with Gasteiger partial charge in [0.1, 0.15) is 17.7 Å². The van der Waals surface area contributed by atoms with E-state index in [1.165, 1.54) is 0 Å². The summed E-state index contributed by atoms with van der Waals surface area (Å²) in [4.78, 5) is 0. The molecule has 3 nitrogen and oxygen atoms in total. The zero-order valence-electron chi connectivity index (χ0n) is 9.28. The van der Waals surface area contributed by atoms with Crippen LogP contribution in [0.1, 0.15) is 11.7 Å². The van der Waals surface area contributed by atoms with Gasteiger partial charge in [0, 0.05) is 13.1 Å². The van der Waals surface area contributed by atoms with Gasteiger partial charge in [-0.1, -0.05) is 6.07 Å². The highest BCUT2D eigenvalue weighted by Gasteiger charge is 2.19. The summed E-state index contributed by atoms with van der Waals surface area (Å²) in [6, 6.07) is 3.11. The molecule has 0 amide bonds. The molecule has 0 aromatic heterocycles. The van der Waals surface area contributed by atoms with E-state index in [-0.39, 0.29) is 6.54 Å². The molecule has 1 rings (SSSR count). The van der Waals surface area contributed by atoms with Crippen molar-refractivity contribution in [1.82, 2.24) is 5.32 Å². The van der Waals surface area contributed by atoms with E-state index in [0.29, 0.717) is 0 Å². The summed E-state index contributed by atoms with van der Waals surface area (Å²) < 4.78 is 50.3. The Kier molecular flexibility index (Phi) is 5.52. The van der Waals surface area contributed by atoms with Gasteiger partial charge in [0.05, 0.1) is 11.7 Å². The fraction of sp³-hybridized carbons (Fsp3) is 0.455. The summed E-state index contributed by atoms with van der Waals surface area (Å²) >= 11 is 0. The normalized spacial score (nSPS) is 14.8. The van der Waals surface area contributed by atoms with Crippen LogP contribution in [0.3, 0.4) is 0 Å². The average Bonchev–Trinajstić information content (AvgIpc) is 2.28. The van der Waals surface area contributed by atoms with Crippen LogP contribution >= 0.6 is 0 Å². The molecule has 2 unspecified atom stereocenters. The molecule has 1 aromatic rings. The van der Waals surface area contributed by atoms with Crippen molar-refractivity contribution >= 4 is 0 Å². The molecule has 0 fully saturated rings. The van der Waals surface area contributed by atoms with Crippen molar-refractivity contribution in [3.8, 4) is 0 Å². The monoisotopic (exact) mass is 267 g/mol. The molecule has 0 aliphatic rings. The maximum atomic E-state index is 13.2. The van der Waals surface area contributed by atoms with Crippen molar-refractivity contribution in [3.05, 3.63) is 35.4 Å². The van der Waals surface area contributed by atoms with E-state index in [4.69, 9.17) is 5.11 Å². The predicted molar refractivity (Wildman–Crippen MR) is 56.2 cm³/mol. The van der Waals surface area contributed by atoms with E-state index in [0.717, 1.165) is 18.2 Å². The zero-order chi connectivity index (χ0) is 13.7. The highest BCUT2D eigenvalue weighted by atomic mass is 19.3. The Balaban J connectivity index is 2.53. The minimum atomic E-state index is -2.92. The molecule has 0 aliphatic heterocycles. The van der Waals surface area contributed by atoms with Gasteiger partial charge in [0.2, 0.25) is 0 Å². The van der Waals surface area contributed by atoms with Crippen LogP contribution < -0.4 is 5.32 Å². The Labute approximate surface area is 101 Å². The first kappa shape index (κ1) is 14.9. The first-order valence-corrected chi connectivity index (χ1v) is 5.22. The Morgan fingerprint density at radius 3 is 2.11 bits per heavy atom. The third-order valence-electron chi connectivity index (χ3n) is 2.31. The van der Waals surface area contributed by atoms with Gasteiger partial charge in [-0.2, -0.15) is 0 Å². The number of alkyl halides is 2. The standard InChI is InChI=1S/C11H13F4NO2/c12-6-2-1-3-7(13)10(6)8(17)4-16-5-9(18)11(14)15/h1-3,8-9,11,16-18H,4-5H2. The molecule has 0 aliphatic carbocycles. The first-order valence-electron chi connectivity index (χ1n) is 5.22. The van der Waals surface area contributed by atoms with E-state index in [2.05, 4.69) is 5.32 Å². The number of benzene rings is 1. The summed E-state index contributed by atoms with van der Waals surface area (Å²) in [5.41, 5.74) is -0.531. The lowest BCUT2D eigenvalue weighted by Gasteiger charge is -2.15. The molecule has 0 saturated heterocycles. The third-order valence-corrected chi connectivity index (χ3v) is 2.31. The Morgan fingerprint density at radius 1 is 1.06 bits per heavy atom. The van der Waals surface area contributed by atoms with E-state index >= 15 is 0 Å². The van der Waals surface area contributed by atoms with Crippen molar-refractivity contribution in [2.75, 3.05) is 13.1 Å². The molecular weight excluding hydrogens is 254 g/mol. The van der Waals surface area contributed by atoms with Crippen LogP contribution in [0.5, 0.6) is 0 Å². The Hall–Kier alpha value is -1.18. The van der Waals surface area contributed by atoms with Crippen LogP contribution in [0, 0.1) is 11.6 Å². The van der Waals surface area contributed by atoms with Gasteiger partial charge in [0.15, 0.2) is 0 Å². The minimum absolute atomic E-state index is 0.346. The molecule has 7 heteroatoms. The first-order chi connectivity index (χ1) is 8.43. The second-order valence-corrected chi connectivity index (χ2v) is 3.71. The van der Waals surface area contributed by atoms with Crippen LogP contribution in [0.25, 0.3) is 0 Å². The van der Waals surface area contributed by atoms with Gasteiger partial charge in [-0.25, -0.2) is 17.6 Å². The molecule has 3 N–H and O–H groups in total. The minimum Gasteiger partial charge on any atom is -0.387 e. The Morgan fingerprint density at radius 2 is 1.61 bits per heavy atom. The number of halogens is 4. The maximum Gasteiger partial charge on any atom is 0.265 e. The third kappa shape index (κ3) is 3.94. The molecule has 0 radical (unpaired) electrons. The number of aliphatic hydroxyl groups excluding tert-OH is 2. The number of hydrogen-bond acceptors (Lipinski definition) is 3. The summed E-state index contributed by atoms with van der Waals surface area (Å²) in [5, 5.41) is 20.6. The van der Waals surface area contributed by atoms with Crippen molar-refractivity contribution in [2.24, 2.45) is 0 Å². The van der Waals surface area contributed by atoms with Gasteiger partial charge in [-0.05, 0) is 12.1 Å². The lowest BCUT2D eigenvalue weighted by Crippen LogP contribution is -2.34. The van der Waals surface area contributed by atoms with E-state index in [1.54, 1.807) is 0 Å². The van der Waals surface area contributed by atoms with Gasteiger partial charge in [-0.15, -0.1) is 0 Å². The quantitative estimate of drug-likeness (QED) is 0.679. The van der Waals surface area contributed by atoms with Crippen molar-refractivity contribution < 1.29 is 27.8 Å². The SMILES string of the molecule is OC(CNCC(O)C(F)F)c1c(F)cccc1F. The van der Waals surface area contributed by atoms with Gasteiger partial charge in [0.25, 0.3) is 6.43 Å². The predicted octanol–water partition coefficient (Wildman–Crippen LogP) is 1.21. The molecule has 2 atom stereocenters. The molecule has 0 saturated carbocycles. The summed E-state index contributed by atoms with van der Waals surface area (Å²) in [7, 11) is 0. The number of rotatable bonds is 6. The number of nitrogens with one attached hydrogen (secondary N) is 1. The van der Waals surface area contributed by atoms with Gasteiger partial charge < -0.3 is 15.5 Å². The molecule has 0 spiro atoms. The highest BCUT2D eigenvalue weighted by molar-refractivity contribution is 5.22. The highest BCUT2D eigenvalue weighted by Crippen LogP contribution is 2.19. The van der Waals surface area contributed by atoms with E-state index < -0.39 is 42.4 Å². The smallest absolute Gasteiger partial charge is 0.265 e. The lowest BCUT2D eigenvalue weighted by atomic mass is 10.1. The van der Waals surface area contributed by atoms with E-state index in [1.807, 2.05) is 0 Å². The van der Waals surface area contributed by atoms with Crippen LogP contribution in [0.2, 0.25) is 0 Å². The topological polar surface area (TPSA) is 52.5 Å². The van der Waals surface area contributed by atoms with Gasteiger partial charge >= 0.3 is 0 Å². The van der Waals surface area contributed by atoms with Crippen LogP contribution in [-0.2, 0) is 0 Å². The molecule has 0 heterocycles. The Bertz CT molecular complexity index is 369. The average molecular weight is 267 g/mol. The number of aliphatic hydroxyl groups is 2. The molecule has 0 bridgehead atoms. The summed E-state index contributed by atoms with van der Waals surface area (Å²) in [6.45, 7) is -0.827. The second-order valence-electron chi connectivity index (χ2n) is 3.71. The lowest BCUT2D eigenvalue weighted by molar-refractivity contribution is -0.00471. The zero-order valence-corrected chi connectivity index (χ0v) is 9.28. The van der Waals surface area contributed by atoms with Crippen LogP contribution in [0.15, 0.2) is 18.2 Å². The van der Waals surface area contributed by atoms with Crippen molar-refractivity contribution in [2.45, 2.75) is 18.6 Å². The largest absolute Gasteiger partial charge is 0.387 e. The fourth-order valence-electron chi connectivity index (χ4n) is 1.39. The maximum absolute atomic E-state index is 13.2. The molecular formula is C11H13F4NO2. The summed E-state index contributed by atoms with van der Waals surface area (Å²) in [5.74, 6) is -1.84. The summed E-state index contributed by atoms with van der Waals surface area (Å²) in [6.07, 6.45) is -6.32. The molecule has 1 aromatic carbocycles. The fourth-order valence-corrected chi connectivity index (χ4v) is 1.39. The van der Waals surface area contributed by atoms with E-state index in [9.17, 15) is 22.7 Å². The van der Waals surface area contributed by atoms with Crippen molar-refractivity contribution in [1.29, 1.82) is 0 Å². The number of hydrogen-bond donors (Lipinski definition) is 3. The van der Waals surface area contributed by atoms with Gasteiger partial charge in [-0.3, -0.25) is 0 Å². The molecule has 102 valence electrons. The second kappa shape index (κ2) is 6.67.